The second kappa shape index (κ2) is 6.77. The van der Waals surface area contributed by atoms with Crippen LogP contribution in [0.15, 0.2) is 18.2 Å². The van der Waals surface area contributed by atoms with Gasteiger partial charge in [-0.2, -0.15) is 5.26 Å². The van der Waals surface area contributed by atoms with E-state index < -0.39 is 0 Å². The number of anilines is 2. The lowest BCUT2D eigenvalue weighted by atomic mass is 10.1. The fraction of sp³-hybridized carbons (Fsp3) is 0.462. The van der Waals surface area contributed by atoms with E-state index in [2.05, 4.69) is 11.0 Å². The largest absolute Gasteiger partial charge is 0.397 e. The highest BCUT2D eigenvalue weighted by molar-refractivity contribution is 5.71. The van der Waals surface area contributed by atoms with E-state index in [4.69, 9.17) is 15.7 Å². The second-order valence-corrected chi connectivity index (χ2v) is 3.90. The highest BCUT2D eigenvalue weighted by Crippen LogP contribution is 2.27. The molecule has 0 radical (unpaired) electrons. The van der Waals surface area contributed by atoms with Crippen LogP contribution >= 0.6 is 0 Å². The summed E-state index contributed by atoms with van der Waals surface area (Å²) in [5.74, 6) is 0. The van der Waals surface area contributed by atoms with E-state index in [1.165, 1.54) is 0 Å². The second-order valence-electron chi connectivity index (χ2n) is 3.90. The topological polar surface area (TPSA) is 62.3 Å². The summed E-state index contributed by atoms with van der Waals surface area (Å²) in [6.45, 7) is 4.07. The normalized spacial score (nSPS) is 9.94. The summed E-state index contributed by atoms with van der Waals surface area (Å²) in [5, 5.41) is 8.69. The molecule has 2 N–H and O–H groups in total. The fourth-order valence-corrected chi connectivity index (χ4v) is 1.84. The minimum absolute atomic E-state index is 0.484. The van der Waals surface area contributed by atoms with Crippen LogP contribution in [0.4, 0.5) is 11.4 Å². The molecule has 17 heavy (non-hydrogen) atoms. The zero-order chi connectivity index (χ0) is 12.7. The molecule has 0 aromatic heterocycles. The predicted octanol–water partition coefficient (Wildman–Crippen LogP) is 1.94. The Morgan fingerprint density at radius 2 is 2.18 bits per heavy atom. The number of nitriles is 1. The van der Waals surface area contributed by atoms with Crippen molar-refractivity contribution in [2.45, 2.75) is 13.3 Å². The van der Waals surface area contributed by atoms with E-state index in [1.54, 1.807) is 7.11 Å². The summed E-state index contributed by atoms with van der Waals surface area (Å²) in [6.07, 6.45) is 0.484. The minimum atomic E-state index is 0.484. The molecular formula is C13H19N3O. The first kappa shape index (κ1) is 13.3. The number of ether oxygens (including phenoxy) is 1. The molecule has 1 rings (SSSR count). The average molecular weight is 233 g/mol. The summed E-state index contributed by atoms with van der Waals surface area (Å²) in [7, 11) is 1.67. The molecule has 1 aromatic carbocycles. The number of nitrogens with zero attached hydrogens (tertiary/aromatic N) is 2. The van der Waals surface area contributed by atoms with Gasteiger partial charge in [0, 0.05) is 20.2 Å². The Balaban J connectivity index is 2.91. The van der Waals surface area contributed by atoms with E-state index in [-0.39, 0.29) is 0 Å². The van der Waals surface area contributed by atoms with E-state index in [0.717, 1.165) is 23.5 Å². The van der Waals surface area contributed by atoms with E-state index >= 15 is 0 Å². The van der Waals surface area contributed by atoms with Crippen LogP contribution in [-0.4, -0.2) is 26.8 Å². The Kier molecular flexibility index (Phi) is 5.31. The number of nitrogens with two attached hydrogens (primary N) is 1. The van der Waals surface area contributed by atoms with Crippen LogP contribution in [0.3, 0.4) is 0 Å². The van der Waals surface area contributed by atoms with Gasteiger partial charge in [-0.25, -0.2) is 0 Å². The number of benzene rings is 1. The quantitative estimate of drug-likeness (QED) is 0.763. The van der Waals surface area contributed by atoms with Gasteiger partial charge in [-0.15, -0.1) is 0 Å². The SMILES string of the molecule is COCCN(CCC#N)c1c(C)cccc1N. The Labute approximate surface area is 103 Å². The van der Waals surface area contributed by atoms with Crippen molar-refractivity contribution in [2.75, 3.05) is 37.4 Å². The van der Waals surface area contributed by atoms with Crippen molar-refractivity contribution in [1.29, 1.82) is 5.26 Å². The molecule has 0 amide bonds. The molecule has 4 heteroatoms. The molecule has 4 nitrogen and oxygen atoms in total. The van der Waals surface area contributed by atoms with Gasteiger partial charge in [0.1, 0.15) is 0 Å². The van der Waals surface area contributed by atoms with Crippen LogP contribution in [0.25, 0.3) is 0 Å². The first-order valence-corrected chi connectivity index (χ1v) is 5.66. The lowest BCUT2D eigenvalue weighted by molar-refractivity contribution is 0.205. The number of aryl methyl sites for hydroxylation is 1. The van der Waals surface area contributed by atoms with Gasteiger partial charge in [0.05, 0.1) is 30.5 Å². The lowest BCUT2D eigenvalue weighted by Crippen LogP contribution is -2.29. The first-order valence-electron chi connectivity index (χ1n) is 5.66. The average Bonchev–Trinajstić information content (AvgIpc) is 2.31. The van der Waals surface area contributed by atoms with Crippen LogP contribution in [0.1, 0.15) is 12.0 Å². The summed E-state index contributed by atoms with van der Waals surface area (Å²) in [6, 6.07) is 8.01. The lowest BCUT2D eigenvalue weighted by Gasteiger charge is -2.26. The third kappa shape index (κ3) is 3.65. The highest BCUT2D eigenvalue weighted by Gasteiger charge is 2.11. The molecule has 0 spiro atoms. The number of hydrogen-bond acceptors (Lipinski definition) is 4. The Morgan fingerprint density at radius 1 is 1.41 bits per heavy atom. The molecular weight excluding hydrogens is 214 g/mol. The van der Waals surface area contributed by atoms with Crippen LogP contribution in [0.5, 0.6) is 0 Å². The Morgan fingerprint density at radius 3 is 2.76 bits per heavy atom. The maximum absolute atomic E-state index is 8.69. The van der Waals surface area contributed by atoms with Crippen LogP contribution in [0.2, 0.25) is 0 Å². The number of methoxy groups -OCH3 is 1. The van der Waals surface area contributed by atoms with Gasteiger partial charge >= 0.3 is 0 Å². The van der Waals surface area contributed by atoms with Crippen LogP contribution in [-0.2, 0) is 4.74 Å². The molecule has 92 valence electrons. The zero-order valence-electron chi connectivity index (χ0n) is 10.4. The number of nitrogen functional groups attached to an aromatic ring is 1. The van der Waals surface area contributed by atoms with Gasteiger partial charge in [-0.3, -0.25) is 0 Å². The molecule has 0 fully saturated rings. The molecule has 0 unspecified atom stereocenters. The summed E-state index contributed by atoms with van der Waals surface area (Å²) >= 11 is 0. The van der Waals surface area contributed by atoms with Crippen molar-refractivity contribution >= 4 is 11.4 Å². The van der Waals surface area contributed by atoms with Crippen molar-refractivity contribution < 1.29 is 4.74 Å². The minimum Gasteiger partial charge on any atom is -0.397 e. The maximum atomic E-state index is 8.69. The van der Waals surface area contributed by atoms with E-state index in [9.17, 15) is 0 Å². The smallest absolute Gasteiger partial charge is 0.0640 e. The van der Waals surface area contributed by atoms with Gasteiger partial charge in [0.25, 0.3) is 0 Å². The Hall–Kier alpha value is -1.73. The van der Waals surface area contributed by atoms with Gasteiger partial charge in [0.2, 0.25) is 0 Å². The van der Waals surface area contributed by atoms with Crippen molar-refractivity contribution in [3.8, 4) is 6.07 Å². The zero-order valence-corrected chi connectivity index (χ0v) is 10.4. The molecule has 0 aliphatic heterocycles. The van der Waals surface area contributed by atoms with Crippen molar-refractivity contribution in [3.63, 3.8) is 0 Å². The first-order chi connectivity index (χ1) is 8.20. The Bertz CT molecular complexity index is 378. The van der Waals surface area contributed by atoms with E-state index in [1.807, 2.05) is 25.1 Å². The fourth-order valence-electron chi connectivity index (χ4n) is 1.84. The predicted molar refractivity (Wildman–Crippen MR) is 69.9 cm³/mol. The standard InChI is InChI=1S/C13H19N3O/c1-11-5-3-6-12(15)13(11)16(8-4-7-14)9-10-17-2/h3,5-6H,4,8-10,15H2,1-2H3. The molecule has 0 aliphatic carbocycles. The monoisotopic (exact) mass is 233 g/mol. The molecule has 0 atom stereocenters. The van der Waals surface area contributed by atoms with Gasteiger partial charge < -0.3 is 15.4 Å². The molecule has 0 saturated carbocycles. The van der Waals surface area contributed by atoms with Crippen molar-refractivity contribution in [3.05, 3.63) is 23.8 Å². The third-order valence-corrected chi connectivity index (χ3v) is 2.64. The van der Waals surface area contributed by atoms with Crippen molar-refractivity contribution in [1.82, 2.24) is 0 Å². The van der Waals surface area contributed by atoms with E-state index in [0.29, 0.717) is 19.6 Å². The number of rotatable bonds is 6. The van der Waals surface area contributed by atoms with Gasteiger partial charge in [-0.1, -0.05) is 12.1 Å². The summed E-state index contributed by atoms with van der Waals surface area (Å²) < 4.78 is 5.09. The maximum Gasteiger partial charge on any atom is 0.0640 e. The molecule has 0 bridgehead atoms. The highest BCUT2D eigenvalue weighted by atomic mass is 16.5. The molecule has 0 heterocycles. The summed E-state index contributed by atoms with van der Waals surface area (Å²) in [4.78, 5) is 2.11. The van der Waals surface area contributed by atoms with Crippen LogP contribution < -0.4 is 10.6 Å². The van der Waals surface area contributed by atoms with Gasteiger partial charge in [-0.05, 0) is 18.6 Å². The molecule has 0 aliphatic rings. The number of para-hydroxylation sites is 1. The molecule has 0 saturated heterocycles. The third-order valence-electron chi connectivity index (χ3n) is 2.64. The van der Waals surface area contributed by atoms with Crippen LogP contribution in [0, 0.1) is 18.3 Å². The van der Waals surface area contributed by atoms with Crippen molar-refractivity contribution in [2.24, 2.45) is 0 Å². The number of hydrogen-bond donors (Lipinski definition) is 1. The summed E-state index contributed by atoms with van der Waals surface area (Å²) in [5.41, 5.74) is 8.89. The van der Waals surface area contributed by atoms with Gasteiger partial charge in [0.15, 0.2) is 0 Å². The molecule has 1 aromatic rings.